The Hall–Kier alpha value is -1.42. The monoisotopic (exact) mass is 1270 g/mol. The summed E-state index contributed by atoms with van der Waals surface area (Å²) >= 11 is 0. The highest BCUT2D eigenvalue weighted by Crippen LogP contribution is 2.37. The van der Waals surface area contributed by atoms with E-state index in [1.165, 1.54) is 128 Å². The zero-order chi connectivity index (χ0) is 64.6. The largest absolute Gasteiger partial charge is 0.463 e. The minimum absolute atomic E-state index is 0.0230. The van der Waals surface area contributed by atoms with Gasteiger partial charge in [0.1, 0.15) is 62.0 Å². The third-order valence-corrected chi connectivity index (χ3v) is 18.4. The van der Waals surface area contributed by atoms with Crippen molar-refractivity contribution in [3.05, 3.63) is 0 Å². The van der Waals surface area contributed by atoms with Crippen molar-refractivity contribution < 1.29 is 61.7 Å². The molecule has 89 heavy (non-hydrogen) atoms. The Morgan fingerprint density at radius 1 is 0.270 bits per heavy atom. The van der Waals surface area contributed by atoms with Gasteiger partial charge in [-0.3, -0.25) is 9.59 Å². The van der Waals surface area contributed by atoms with E-state index in [2.05, 4.69) is 69.2 Å². The van der Waals surface area contributed by atoms with Gasteiger partial charge in [-0.15, -0.1) is 0 Å². The van der Waals surface area contributed by atoms with Crippen LogP contribution in [-0.4, -0.2) is 126 Å². The van der Waals surface area contributed by atoms with Crippen molar-refractivity contribution in [3.63, 3.8) is 0 Å². The first-order valence-electron chi connectivity index (χ1n) is 38.7. The highest BCUT2D eigenvalue weighted by atomic mass is 16.8. The summed E-state index contributed by atoms with van der Waals surface area (Å²) in [6.45, 7) is 24.8. The van der Waals surface area contributed by atoms with Crippen molar-refractivity contribution in [3.8, 4) is 0 Å². The van der Waals surface area contributed by atoms with Crippen LogP contribution in [0.1, 0.15) is 352 Å². The summed E-state index contributed by atoms with van der Waals surface area (Å²) in [5, 5.41) is 0. The fourth-order valence-corrected chi connectivity index (χ4v) is 12.4. The molecule has 0 bridgehead atoms. The molecule has 0 spiro atoms. The summed E-state index contributed by atoms with van der Waals surface area (Å²) in [4.78, 5) is 29.3. The topological polar surface area (TPSA) is 136 Å². The minimum Gasteiger partial charge on any atom is -0.463 e. The summed E-state index contributed by atoms with van der Waals surface area (Å²) in [6.07, 6.45) is 40.0. The smallest absolute Gasteiger partial charge is 0.309 e. The summed E-state index contributed by atoms with van der Waals surface area (Å²) < 4.78 is 76.5. The lowest BCUT2D eigenvalue weighted by Gasteiger charge is -2.49. The zero-order valence-corrected chi connectivity index (χ0v) is 60.0. The summed E-state index contributed by atoms with van der Waals surface area (Å²) in [5.74, 6) is -0.695. The molecule has 13 heteroatoms. The molecule has 10 atom stereocenters. The van der Waals surface area contributed by atoms with E-state index in [0.29, 0.717) is 39.6 Å². The molecule has 0 aliphatic carbocycles. The van der Waals surface area contributed by atoms with E-state index in [-0.39, 0.29) is 37.0 Å². The third kappa shape index (κ3) is 38.7. The van der Waals surface area contributed by atoms with Gasteiger partial charge < -0.3 is 52.1 Å². The van der Waals surface area contributed by atoms with Gasteiger partial charge in [0.25, 0.3) is 0 Å². The predicted molar refractivity (Wildman–Crippen MR) is 366 cm³/mol. The molecule has 0 N–H and O–H groups in total. The van der Waals surface area contributed by atoms with Crippen LogP contribution in [-0.2, 0) is 61.7 Å². The molecule has 2 aliphatic heterocycles. The Morgan fingerprint density at radius 3 is 0.730 bits per heavy atom. The van der Waals surface area contributed by atoms with Gasteiger partial charge in [0.2, 0.25) is 0 Å². The Morgan fingerprint density at radius 2 is 0.483 bits per heavy atom. The van der Waals surface area contributed by atoms with Crippen LogP contribution in [0.15, 0.2) is 0 Å². The lowest BCUT2D eigenvalue weighted by atomic mass is 9.94. The fourth-order valence-electron chi connectivity index (χ4n) is 12.4. The molecule has 0 aromatic carbocycles. The van der Waals surface area contributed by atoms with Gasteiger partial charge >= 0.3 is 11.9 Å². The lowest BCUT2D eigenvalue weighted by Crippen LogP contribution is -2.66. The maximum absolute atomic E-state index is 14.6. The fraction of sp³-hybridized carbons (Fsp3) is 0.974. The summed E-state index contributed by atoms with van der Waals surface area (Å²) in [7, 11) is 0. The molecule has 0 amide bonds. The highest BCUT2D eigenvalue weighted by molar-refractivity contribution is 5.72. The number of hydrogen-bond donors (Lipinski definition) is 0. The van der Waals surface area contributed by atoms with E-state index in [4.69, 9.17) is 52.1 Å². The summed E-state index contributed by atoms with van der Waals surface area (Å²) in [6, 6.07) is 0. The molecule has 2 fully saturated rings. The second-order valence-electron chi connectivity index (χ2n) is 26.6. The minimum atomic E-state index is -1.06. The van der Waals surface area contributed by atoms with Crippen LogP contribution >= 0.6 is 0 Å². The van der Waals surface area contributed by atoms with Crippen LogP contribution in [0.5, 0.6) is 0 Å². The van der Waals surface area contributed by atoms with Gasteiger partial charge in [-0.2, -0.15) is 0 Å². The molecule has 0 saturated carbocycles. The van der Waals surface area contributed by atoms with E-state index >= 15 is 0 Å². The van der Waals surface area contributed by atoms with E-state index in [9.17, 15) is 9.59 Å². The van der Waals surface area contributed by atoms with E-state index < -0.39 is 61.4 Å². The van der Waals surface area contributed by atoms with Gasteiger partial charge in [0.15, 0.2) is 12.6 Å². The molecule has 0 radical (unpaired) electrons. The molecule has 2 rings (SSSR count). The average molecular weight is 1270 g/mol. The highest BCUT2D eigenvalue weighted by Gasteiger charge is 2.54. The molecule has 0 aromatic rings. The molecular weight excluding hydrogens is 1120 g/mol. The quantitative estimate of drug-likeness (QED) is 0.0423. The van der Waals surface area contributed by atoms with Crippen LogP contribution in [0, 0.1) is 11.8 Å². The number of rotatable bonds is 64. The maximum atomic E-state index is 14.6. The van der Waals surface area contributed by atoms with Gasteiger partial charge in [-0.25, -0.2) is 0 Å². The number of esters is 2. The molecule has 2 heterocycles. The van der Waals surface area contributed by atoms with Crippen molar-refractivity contribution in [1.29, 1.82) is 0 Å². The number of ether oxygens (including phenoxy) is 11. The Bertz CT molecular complexity index is 1410. The van der Waals surface area contributed by atoms with Crippen molar-refractivity contribution in [2.75, 3.05) is 52.9 Å². The van der Waals surface area contributed by atoms with E-state index in [1.807, 2.05) is 0 Å². The molecule has 2 aliphatic rings. The van der Waals surface area contributed by atoms with Crippen LogP contribution in [0.3, 0.4) is 0 Å². The number of hydrogen-bond acceptors (Lipinski definition) is 13. The van der Waals surface area contributed by atoms with Gasteiger partial charge in [0.05, 0.1) is 11.8 Å². The third-order valence-electron chi connectivity index (χ3n) is 18.4. The predicted octanol–water partition coefficient (Wildman–Crippen LogP) is 20.4. The normalized spacial score (nSPS) is 22.2. The Labute approximate surface area is 549 Å². The zero-order valence-electron chi connectivity index (χ0n) is 60.0. The number of unbranched alkanes of at least 4 members (excludes halogenated alkanes) is 30. The van der Waals surface area contributed by atoms with Gasteiger partial charge in [-0.05, 0) is 64.2 Å². The van der Waals surface area contributed by atoms with Crippen LogP contribution in [0.25, 0.3) is 0 Å². The second-order valence-corrected chi connectivity index (χ2v) is 26.6. The van der Waals surface area contributed by atoms with Crippen LogP contribution in [0.2, 0.25) is 0 Å². The molecule has 13 nitrogen and oxygen atoms in total. The maximum Gasteiger partial charge on any atom is 0.309 e. The Balaban J connectivity index is 2.73. The first kappa shape index (κ1) is 83.7. The van der Waals surface area contributed by atoms with Crippen molar-refractivity contribution >= 4 is 11.9 Å². The number of carbonyl (C=O) groups excluding carboxylic acids is 2. The molecule has 2 saturated heterocycles. The first-order chi connectivity index (χ1) is 43.7. The van der Waals surface area contributed by atoms with Crippen LogP contribution in [0.4, 0.5) is 0 Å². The van der Waals surface area contributed by atoms with Gasteiger partial charge in [-0.1, -0.05) is 288 Å². The van der Waals surface area contributed by atoms with Crippen molar-refractivity contribution in [2.45, 2.75) is 413 Å². The molecule has 0 aromatic heterocycles. The second kappa shape index (κ2) is 59.1. The van der Waals surface area contributed by atoms with Gasteiger partial charge in [0, 0.05) is 39.6 Å². The molecule has 528 valence electrons. The summed E-state index contributed by atoms with van der Waals surface area (Å²) in [5.41, 5.74) is 0. The standard InChI is InChI=1S/C76H146O13/c1-11-21-31-35-39-43-47-51-63(52-48-44-40-36-32-22-12-2)73(77)85-61-65-67(79-55-25-15-5)69(81-57-27-17-7)71(83-59-29-19-9)75(87-65)89-76-72(84-60-30-20-10)70(82-58-28-18-8)68(80-56-26-16-6)66(88-76)62-86-74(78)64(53-49-45-41-37-33-23-13-3)54-50-46-42-38-34-24-14-4/h63-72,75-76H,11-62H2,1-10H3/t65?,66?,67-,68-,69+,70+,71?,72?,75-,76-/m1/s1. The van der Waals surface area contributed by atoms with E-state index in [0.717, 1.165) is 154 Å². The number of carbonyl (C=O) groups is 2. The van der Waals surface area contributed by atoms with Crippen molar-refractivity contribution in [1.82, 2.24) is 0 Å². The van der Waals surface area contributed by atoms with E-state index in [1.54, 1.807) is 0 Å². The lowest BCUT2D eigenvalue weighted by molar-refractivity contribution is -0.390. The molecular formula is C76H146O13. The SMILES string of the molecule is CCCCCCCCCC(CCCCCCCCC)C(=O)OCC1O[C@H](O[C@H]2OC(COC(=O)C(CCCCCCCCC)CCCCCCCCC)[C@@H](OCCCC)[C@H](OCCCC)C2OCCCC)C(OCCCC)[C@@H](OCCCC)[C@@H]1OCCCC. The molecule has 4 unspecified atom stereocenters. The Kier molecular flexibility index (Phi) is 55.6. The average Bonchev–Trinajstić information content (AvgIpc) is 1.22. The first-order valence-corrected chi connectivity index (χ1v) is 38.7. The van der Waals surface area contributed by atoms with Crippen molar-refractivity contribution in [2.24, 2.45) is 11.8 Å². The van der Waals surface area contributed by atoms with Crippen LogP contribution < -0.4 is 0 Å².